The van der Waals surface area contributed by atoms with Crippen LogP contribution in [0.15, 0.2) is 29.9 Å². The molecule has 18 heavy (non-hydrogen) atoms. The maximum absolute atomic E-state index is 11.3. The van der Waals surface area contributed by atoms with E-state index in [1.807, 2.05) is 28.3 Å². The lowest BCUT2D eigenvalue weighted by Gasteiger charge is -2.19. The summed E-state index contributed by atoms with van der Waals surface area (Å²) in [6.07, 6.45) is 6.32. The second-order valence-corrected chi connectivity index (χ2v) is 5.53. The lowest BCUT2D eigenvalue weighted by atomic mass is 10.0. The summed E-state index contributed by atoms with van der Waals surface area (Å²) in [7, 11) is 0. The molecule has 0 bridgehead atoms. The number of imidazole rings is 1. The van der Waals surface area contributed by atoms with Crippen molar-refractivity contribution in [1.29, 1.82) is 0 Å². The smallest absolute Gasteiger partial charge is 0.308 e. The van der Waals surface area contributed by atoms with Crippen molar-refractivity contribution in [2.75, 3.05) is 0 Å². The van der Waals surface area contributed by atoms with Crippen LogP contribution in [-0.2, 0) is 4.79 Å². The number of nitrogens with zero attached hydrogens (tertiary/aromatic N) is 2. The van der Waals surface area contributed by atoms with Crippen LogP contribution in [0.4, 0.5) is 0 Å². The first kappa shape index (κ1) is 11.5. The highest BCUT2D eigenvalue weighted by Gasteiger charge is 2.35. The Bertz CT molecular complexity index is 547. The van der Waals surface area contributed by atoms with Gasteiger partial charge < -0.3 is 9.67 Å². The van der Waals surface area contributed by atoms with Crippen LogP contribution in [0.3, 0.4) is 0 Å². The van der Waals surface area contributed by atoms with Gasteiger partial charge in [-0.1, -0.05) is 12.5 Å². The Labute approximate surface area is 109 Å². The molecular weight excluding hydrogens is 248 g/mol. The number of aromatic nitrogens is 2. The van der Waals surface area contributed by atoms with Gasteiger partial charge in [-0.25, -0.2) is 4.98 Å². The molecule has 0 saturated heterocycles. The molecule has 1 aliphatic rings. The molecule has 4 nitrogen and oxygen atoms in total. The SMILES string of the molecule is O=C(O)C1CCCC1n1ccnc1-c1cccs1. The summed E-state index contributed by atoms with van der Waals surface area (Å²) in [5.74, 6) is -0.0793. The van der Waals surface area contributed by atoms with E-state index in [2.05, 4.69) is 4.98 Å². The quantitative estimate of drug-likeness (QED) is 0.925. The Balaban J connectivity index is 1.98. The second-order valence-electron chi connectivity index (χ2n) is 4.58. The predicted molar refractivity (Wildman–Crippen MR) is 69.6 cm³/mol. The first-order chi connectivity index (χ1) is 8.77. The zero-order chi connectivity index (χ0) is 12.5. The van der Waals surface area contributed by atoms with E-state index in [4.69, 9.17) is 0 Å². The van der Waals surface area contributed by atoms with Gasteiger partial charge in [0.25, 0.3) is 0 Å². The first-order valence-electron chi connectivity index (χ1n) is 6.07. The van der Waals surface area contributed by atoms with E-state index in [1.165, 1.54) is 0 Å². The number of thiophene rings is 1. The van der Waals surface area contributed by atoms with E-state index in [9.17, 15) is 9.90 Å². The van der Waals surface area contributed by atoms with E-state index in [1.54, 1.807) is 17.5 Å². The number of aliphatic carboxylic acids is 1. The summed E-state index contributed by atoms with van der Waals surface area (Å²) in [5.41, 5.74) is 0. The van der Waals surface area contributed by atoms with E-state index < -0.39 is 5.97 Å². The van der Waals surface area contributed by atoms with Gasteiger partial charge in [0.2, 0.25) is 0 Å². The van der Waals surface area contributed by atoms with E-state index in [-0.39, 0.29) is 12.0 Å². The molecule has 0 spiro atoms. The topological polar surface area (TPSA) is 55.1 Å². The Hall–Kier alpha value is -1.62. The molecule has 1 N–H and O–H groups in total. The Kier molecular flexibility index (Phi) is 2.91. The molecule has 1 saturated carbocycles. The molecule has 2 atom stereocenters. The Morgan fingerprint density at radius 1 is 1.50 bits per heavy atom. The minimum Gasteiger partial charge on any atom is -0.481 e. The average Bonchev–Trinajstić information content (AvgIpc) is 3.10. The fourth-order valence-electron chi connectivity index (χ4n) is 2.74. The van der Waals surface area contributed by atoms with Gasteiger partial charge in [0.1, 0.15) is 5.82 Å². The van der Waals surface area contributed by atoms with E-state index >= 15 is 0 Å². The molecule has 0 aromatic carbocycles. The van der Waals surface area contributed by atoms with Gasteiger partial charge >= 0.3 is 5.97 Å². The number of carbonyl (C=O) groups is 1. The van der Waals surface area contributed by atoms with Crippen LogP contribution in [0, 0.1) is 5.92 Å². The molecule has 2 unspecified atom stereocenters. The van der Waals surface area contributed by atoms with E-state index in [0.29, 0.717) is 0 Å². The van der Waals surface area contributed by atoms with Crippen LogP contribution in [0.2, 0.25) is 0 Å². The maximum atomic E-state index is 11.3. The van der Waals surface area contributed by atoms with Gasteiger partial charge in [0, 0.05) is 18.4 Å². The van der Waals surface area contributed by atoms with E-state index in [0.717, 1.165) is 30.0 Å². The van der Waals surface area contributed by atoms with Crippen molar-refractivity contribution in [2.24, 2.45) is 5.92 Å². The van der Waals surface area contributed by atoms with Gasteiger partial charge in [-0.3, -0.25) is 4.79 Å². The fourth-order valence-corrected chi connectivity index (χ4v) is 3.46. The third kappa shape index (κ3) is 1.84. The molecule has 0 radical (unpaired) electrons. The highest BCUT2D eigenvalue weighted by molar-refractivity contribution is 7.13. The summed E-state index contributed by atoms with van der Waals surface area (Å²) >= 11 is 1.63. The molecule has 2 aromatic rings. The molecular formula is C13H14N2O2S. The lowest BCUT2D eigenvalue weighted by molar-refractivity contribution is -0.142. The summed E-state index contributed by atoms with van der Waals surface area (Å²) < 4.78 is 2.04. The van der Waals surface area contributed by atoms with Gasteiger partial charge in [-0.05, 0) is 24.3 Å². The zero-order valence-corrected chi connectivity index (χ0v) is 10.6. The minimum atomic E-state index is -0.691. The van der Waals surface area contributed by atoms with Gasteiger partial charge in [0.15, 0.2) is 0 Å². The van der Waals surface area contributed by atoms with Crippen molar-refractivity contribution in [3.8, 4) is 10.7 Å². The summed E-state index contributed by atoms with van der Waals surface area (Å²) in [5, 5.41) is 11.3. The van der Waals surface area contributed by atoms with Crippen molar-refractivity contribution in [1.82, 2.24) is 9.55 Å². The fraction of sp³-hybridized carbons (Fsp3) is 0.385. The minimum absolute atomic E-state index is 0.0436. The third-order valence-electron chi connectivity index (χ3n) is 3.56. The number of hydrogen-bond donors (Lipinski definition) is 1. The molecule has 94 valence electrons. The molecule has 2 aromatic heterocycles. The van der Waals surface area contributed by atoms with Gasteiger partial charge in [-0.2, -0.15) is 0 Å². The number of carboxylic acids is 1. The molecule has 3 rings (SSSR count). The predicted octanol–water partition coefficient (Wildman–Crippen LogP) is 3.04. The van der Waals surface area contributed by atoms with Crippen molar-refractivity contribution in [3.05, 3.63) is 29.9 Å². The standard InChI is InChI=1S/C13H14N2O2S/c16-13(17)9-3-1-4-10(9)15-7-6-14-12(15)11-5-2-8-18-11/h2,5-10H,1,3-4H2,(H,16,17). The first-order valence-corrected chi connectivity index (χ1v) is 6.95. The van der Waals surface area contributed by atoms with Crippen LogP contribution < -0.4 is 0 Å². The lowest BCUT2D eigenvalue weighted by Crippen LogP contribution is -2.21. The zero-order valence-electron chi connectivity index (χ0n) is 9.82. The van der Waals surface area contributed by atoms with Crippen molar-refractivity contribution >= 4 is 17.3 Å². The maximum Gasteiger partial charge on any atom is 0.308 e. The largest absolute Gasteiger partial charge is 0.481 e. The second kappa shape index (κ2) is 4.57. The monoisotopic (exact) mass is 262 g/mol. The molecule has 1 fully saturated rings. The molecule has 5 heteroatoms. The van der Waals surface area contributed by atoms with Crippen LogP contribution in [0.1, 0.15) is 25.3 Å². The highest BCUT2D eigenvalue weighted by Crippen LogP contribution is 2.38. The average molecular weight is 262 g/mol. The molecule has 0 aliphatic heterocycles. The van der Waals surface area contributed by atoms with Crippen molar-refractivity contribution in [2.45, 2.75) is 25.3 Å². The molecule has 2 heterocycles. The molecule has 1 aliphatic carbocycles. The van der Waals surface area contributed by atoms with Crippen LogP contribution >= 0.6 is 11.3 Å². The van der Waals surface area contributed by atoms with Gasteiger partial charge in [-0.15, -0.1) is 11.3 Å². The summed E-state index contributed by atoms with van der Waals surface area (Å²) in [4.78, 5) is 16.7. The third-order valence-corrected chi connectivity index (χ3v) is 4.43. The Morgan fingerprint density at radius 3 is 3.11 bits per heavy atom. The highest BCUT2D eigenvalue weighted by atomic mass is 32.1. The summed E-state index contributed by atoms with van der Waals surface area (Å²) in [6.45, 7) is 0. The van der Waals surface area contributed by atoms with Crippen molar-refractivity contribution < 1.29 is 9.90 Å². The summed E-state index contributed by atoms with van der Waals surface area (Å²) in [6, 6.07) is 4.05. The number of rotatable bonds is 3. The normalized spacial score (nSPS) is 23.3. The van der Waals surface area contributed by atoms with Gasteiger partial charge in [0.05, 0.1) is 10.8 Å². The Morgan fingerprint density at radius 2 is 2.39 bits per heavy atom. The van der Waals surface area contributed by atoms with Crippen LogP contribution in [0.5, 0.6) is 0 Å². The van der Waals surface area contributed by atoms with Crippen LogP contribution in [0.25, 0.3) is 10.7 Å². The van der Waals surface area contributed by atoms with Crippen LogP contribution in [-0.4, -0.2) is 20.6 Å². The molecule has 0 amide bonds. The number of hydrogen-bond acceptors (Lipinski definition) is 3. The number of carboxylic acid groups (broad SMARTS) is 1. The van der Waals surface area contributed by atoms with Crippen molar-refractivity contribution in [3.63, 3.8) is 0 Å².